The molecule has 1 aliphatic heterocycles. The van der Waals surface area contributed by atoms with E-state index in [0.29, 0.717) is 0 Å². The van der Waals surface area contributed by atoms with Crippen LogP contribution in [0.5, 0.6) is 5.75 Å². The van der Waals surface area contributed by atoms with Gasteiger partial charge in [0.2, 0.25) is 0 Å². The number of benzene rings is 2. The number of ether oxygens (including phenoxy) is 1. The van der Waals surface area contributed by atoms with Crippen molar-refractivity contribution in [2.75, 3.05) is 12.4 Å². The fourth-order valence-corrected chi connectivity index (χ4v) is 2.72. The van der Waals surface area contributed by atoms with Gasteiger partial charge >= 0.3 is 0 Å². The van der Waals surface area contributed by atoms with E-state index in [1.54, 1.807) is 0 Å². The molecule has 0 unspecified atom stereocenters. The lowest BCUT2D eigenvalue weighted by atomic mass is 10.1. The van der Waals surface area contributed by atoms with Crippen LogP contribution in [0.4, 0.5) is 0 Å². The Hall–Kier alpha value is -1.41. The molecule has 1 heterocycles. The molecule has 0 bridgehead atoms. The molecule has 0 aromatic heterocycles. The molecule has 0 atom stereocenters. The van der Waals surface area contributed by atoms with Crippen molar-refractivity contribution in [3.05, 3.63) is 48.5 Å². The van der Waals surface area contributed by atoms with Gasteiger partial charge in [-0.3, -0.25) is 0 Å². The Morgan fingerprint density at radius 3 is 2.69 bits per heavy atom. The molecule has 1 nitrogen and oxygen atoms in total. The summed E-state index contributed by atoms with van der Waals surface area (Å²) in [6, 6.07) is 16.9. The lowest BCUT2D eigenvalue weighted by Crippen LogP contribution is -2.06. The number of thioether (sulfide) groups is 1. The molecule has 0 saturated heterocycles. The highest BCUT2D eigenvalue weighted by Crippen LogP contribution is 2.36. The highest BCUT2D eigenvalue weighted by Gasteiger charge is 2.11. The molecule has 2 aromatic carbocycles. The van der Waals surface area contributed by atoms with Crippen LogP contribution in [0.15, 0.2) is 53.4 Å². The summed E-state index contributed by atoms with van der Waals surface area (Å²) >= 11 is 1.87. The molecule has 0 saturated carbocycles. The second kappa shape index (κ2) is 4.22. The maximum atomic E-state index is 5.59. The van der Waals surface area contributed by atoms with Gasteiger partial charge in [-0.2, -0.15) is 0 Å². The number of fused-ring (bicyclic) bond motifs is 1. The zero-order valence-corrected chi connectivity index (χ0v) is 9.67. The van der Waals surface area contributed by atoms with Gasteiger partial charge in [-0.1, -0.05) is 36.4 Å². The summed E-state index contributed by atoms with van der Waals surface area (Å²) in [5.41, 5.74) is 2.52. The first-order valence-electron chi connectivity index (χ1n) is 5.38. The Labute approximate surface area is 99.4 Å². The second-order valence-corrected chi connectivity index (χ2v) is 4.86. The summed E-state index contributed by atoms with van der Waals surface area (Å²) in [6.07, 6.45) is 0. The van der Waals surface area contributed by atoms with Gasteiger partial charge in [-0.15, -0.1) is 11.8 Å². The van der Waals surface area contributed by atoms with Crippen LogP contribution in [0.2, 0.25) is 0 Å². The fourth-order valence-electron chi connectivity index (χ4n) is 1.85. The minimum atomic E-state index is 0.822. The van der Waals surface area contributed by atoms with Crippen LogP contribution >= 0.6 is 11.8 Å². The zero-order chi connectivity index (χ0) is 10.8. The summed E-state index contributed by atoms with van der Waals surface area (Å²) < 4.78 is 5.59. The molecule has 16 heavy (non-hydrogen) atoms. The predicted octanol–water partition coefficient (Wildman–Crippen LogP) is 3.84. The Bertz CT molecular complexity index is 493. The number of hydrogen-bond acceptors (Lipinski definition) is 2. The van der Waals surface area contributed by atoms with Crippen LogP contribution in [0.3, 0.4) is 0 Å². The first kappa shape index (κ1) is 9.79. The molecule has 0 spiro atoms. The first-order valence-corrected chi connectivity index (χ1v) is 6.37. The van der Waals surface area contributed by atoms with Crippen LogP contribution in [-0.4, -0.2) is 12.4 Å². The standard InChI is InChI=1S/C14H12OS/c1-2-4-11(5-3-1)12-6-7-13-14(10-12)16-9-8-15-13/h1-7,10H,8-9H2. The van der Waals surface area contributed by atoms with Crippen molar-refractivity contribution in [3.8, 4) is 16.9 Å². The first-order chi connectivity index (χ1) is 7.93. The third kappa shape index (κ3) is 1.81. The summed E-state index contributed by atoms with van der Waals surface area (Å²) in [6.45, 7) is 0.822. The molecule has 0 aliphatic carbocycles. The van der Waals surface area contributed by atoms with Crippen LogP contribution in [0.25, 0.3) is 11.1 Å². The van der Waals surface area contributed by atoms with Gasteiger partial charge in [0.1, 0.15) is 5.75 Å². The Morgan fingerprint density at radius 1 is 0.938 bits per heavy atom. The molecule has 2 aromatic rings. The van der Waals surface area contributed by atoms with Crippen molar-refractivity contribution in [1.29, 1.82) is 0 Å². The molecule has 0 N–H and O–H groups in total. The van der Waals surface area contributed by atoms with Gasteiger partial charge < -0.3 is 4.74 Å². The molecule has 2 heteroatoms. The van der Waals surface area contributed by atoms with Gasteiger partial charge in [0.15, 0.2) is 0 Å². The average molecular weight is 228 g/mol. The molecule has 0 amide bonds. The van der Waals surface area contributed by atoms with E-state index >= 15 is 0 Å². The molecule has 3 rings (SSSR count). The highest BCUT2D eigenvalue weighted by molar-refractivity contribution is 7.99. The zero-order valence-electron chi connectivity index (χ0n) is 8.85. The summed E-state index contributed by atoms with van der Waals surface area (Å²) in [4.78, 5) is 1.26. The molecule has 0 fully saturated rings. The van der Waals surface area contributed by atoms with E-state index in [2.05, 4.69) is 42.5 Å². The Kier molecular flexibility index (Phi) is 2.58. The van der Waals surface area contributed by atoms with Gasteiger partial charge in [-0.25, -0.2) is 0 Å². The van der Waals surface area contributed by atoms with E-state index in [4.69, 9.17) is 4.74 Å². The number of hydrogen-bond donors (Lipinski definition) is 0. The lowest BCUT2D eigenvalue weighted by molar-refractivity contribution is 0.330. The molecular formula is C14H12OS. The van der Waals surface area contributed by atoms with Crippen molar-refractivity contribution in [2.24, 2.45) is 0 Å². The lowest BCUT2D eigenvalue weighted by Gasteiger charge is -2.17. The van der Waals surface area contributed by atoms with Crippen molar-refractivity contribution in [1.82, 2.24) is 0 Å². The van der Waals surface area contributed by atoms with Crippen LogP contribution in [-0.2, 0) is 0 Å². The Morgan fingerprint density at radius 2 is 1.81 bits per heavy atom. The van der Waals surface area contributed by atoms with Crippen molar-refractivity contribution < 1.29 is 4.74 Å². The largest absolute Gasteiger partial charge is 0.492 e. The van der Waals surface area contributed by atoms with Gasteiger partial charge in [-0.05, 0) is 23.3 Å². The topological polar surface area (TPSA) is 9.23 Å². The normalized spacial score (nSPS) is 14.0. The van der Waals surface area contributed by atoms with Crippen molar-refractivity contribution >= 4 is 11.8 Å². The van der Waals surface area contributed by atoms with E-state index in [1.165, 1.54) is 16.0 Å². The Balaban J connectivity index is 2.03. The van der Waals surface area contributed by atoms with Gasteiger partial charge in [0.05, 0.1) is 11.5 Å². The van der Waals surface area contributed by atoms with E-state index in [9.17, 15) is 0 Å². The molecular weight excluding hydrogens is 216 g/mol. The third-order valence-electron chi connectivity index (χ3n) is 2.65. The van der Waals surface area contributed by atoms with Crippen molar-refractivity contribution in [3.63, 3.8) is 0 Å². The summed E-state index contributed by atoms with van der Waals surface area (Å²) in [5.74, 6) is 2.07. The minimum absolute atomic E-state index is 0.822. The molecule has 80 valence electrons. The van der Waals surface area contributed by atoms with Gasteiger partial charge in [0, 0.05) is 5.75 Å². The fraction of sp³-hybridized carbons (Fsp3) is 0.143. The maximum Gasteiger partial charge on any atom is 0.132 e. The molecule has 0 radical (unpaired) electrons. The van der Waals surface area contributed by atoms with E-state index in [0.717, 1.165) is 18.1 Å². The number of rotatable bonds is 1. The minimum Gasteiger partial charge on any atom is -0.492 e. The average Bonchev–Trinajstić information content (AvgIpc) is 2.39. The molecule has 1 aliphatic rings. The van der Waals surface area contributed by atoms with Crippen LogP contribution in [0.1, 0.15) is 0 Å². The smallest absolute Gasteiger partial charge is 0.132 e. The maximum absolute atomic E-state index is 5.59. The SMILES string of the molecule is c1ccc(-c2ccc3c(c2)SCCO3)cc1. The summed E-state index contributed by atoms with van der Waals surface area (Å²) in [5, 5.41) is 0. The van der Waals surface area contributed by atoms with E-state index in [1.807, 2.05) is 17.8 Å². The van der Waals surface area contributed by atoms with Gasteiger partial charge in [0.25, 0.3) is 0 Å². The quantitative estimate of drug-likeness (QED) is 0.733. The van der Waals surface area contributed by atoms with Crippen LogP contribution < -0.4 is 4.74 Å². The van der Waals surface area contributed by atoms with E-state index < -0.39 is 0 Å². The second-order valence-electron chi connectivity index (χ2n) is 3.72. The monoisotopic (exact) mass is 228 g/mol. The van der Waals surface area contributed by atoms with Crippen molar-refractivity contribution in [2.45, 2.75) is 4.90 Å². The highest BCUT2D eigenvalue weighted by atomic mass is 32.2. The van der Waals surface area contributed by atoms with Crippen LogP contribution in [0, 0.1) is 0 Å². The predicted molar refractivity (Wildman–Crippen MR) is 68.1 cm³/mol. The third-order valence-corrected chi connectivity index (χ3v) is 3.65. The summed E-state index contributed by atoms with van der Waals surface area (Å²) in [7, 11) is 0. The van der Waals surface area contributed by atoms with E-state index in [-0.39, 0.29) is 0 Å².